The average Bonchev–Trinajstić information content (AvgIpc) is 3.24. The van der Waals surface area contributed by atoms with E-state index in [-0.39, 0.29) is 41.0 Å². The van der Waals surface area contributed by atoms with Gasteiger partial charge in [0.2, 0.25) is 5.91 Å². The van der Waals surface area contributed by atoms with Crippen molar-refractivity contribution in [2.24, 2.45) is 52.3 Å². The van der Waals surface area contributed by atoms with Crippen LogP contribution in [0.3, 0.4) is 0 Å². The van der Waals surface area contributed by atoms with Gasteiger partial charge in [0, 0.05) is 28.7 Å². The highest BCUT2D eigenvalue weighted by Gasteiger charge is 2.68. The van der Waals surface area contributed by atoms with Gasteiger partial charge in [-0.15, -0.1) is 6.58 Å². The van der Waals surface area contributed by atoms with Gasteiger partial charge in [0.25, 0.3) is 0 Å². The molecule has 7 rings (SSSR count). The van der Waals surface area contributed by atoms with Crippen LogP contribution >= 0.6 is 0 Å². The highest BCUT2D eigenvalue weighted by molar-refractivity contribution is 6.05. The first-order valence-electron chi connectivity index (χ1n) is 14.3. The van der Waals surface area contributed by atoms with E-state index in [2.05, 4.69) is 83.8 Å². The van der Waals surface area contributed by atoms with Gasteiger partial charge in [-0.3, -0.25) is 9.59 Å². The van der Waals surface area contributed by atoms with Gasteiger partial charge in [-0.2, -0.15) is 0 Å². The molecule has 198 valence electrons. The third kappa shape index (κ3) is 3.53. The molecule has 4 nitrogen and oxygen atoms in total. The number of ether oxygens (including phenoxy) is 1. The van der Waals surface area contributed by atoms with Crippen molar-refractivity contribution >= 4 is 11.7 Å². The van der Waals surface area contributed by atoms with Crippen molar-refractivity contribution in [1.29, 1.82) is 0 Å². The van der Waals surface area contributed by atoms with Crippen molar-refractivity contribution in [3.8, 4) is 5.75 Å². The minimum absolute atomic E-state index is 0.00309. The number of hydrogen-bond donors (Lipinski definition) is 1. The summed E-state index contributed by atoms with van der Waals surface area (Å²) in [5, 5.41) is 3.23. The number of carbonyl (C=O) groups is 2. The van der Waals surface area contributed by atoms with Crippen LogP contribution in [0.4, 0.5) is 0 Å². The topological polar surface area (TPSA) is 55.4 Å². The second-order valence-electron chi connectivity index (χ2n) is 14.2. The summed E-state index contributed by atoms with van der Waals surface area (Å²) >= 11 is 0. The zero-order chi connectivity index (χ0) is 26.5. The largest absolute Gasteiger partial charge is 0.490 e. The molecule has 1 N–H and O–H groups in total. The second kappa shape index (κ2) is 8.07. The number of benzene rings is 1. The maximum atomic E-state index is 14.7. The van der Waals surface area contributed by atoms with E-state index in [1.165, 1.54) is 12.0 Å². The number of rotatable bonds is 1. The van der Waals surface area contributed by atoms with Crippen molar-refractivity contribution in [2.45, 2.75) is 78.9 Å². The highest BCUT2D eigenvalue weighted by Crippen LogP contribution is 2.68. The lowest BCUT2D eigenvalue weighted by molar-refractivity contribution is -0.139. The van der Waals surface area contributed by atoms with E-state index in [4.69, 9.17) is 4.74 Å². The summed E-state index contributed by atoms with van der Waals surface area (Å²) in [7, 11) is 0. The number of hydrogen-bond acceptors (Lipinski definition) is 3. The zero-order valence-corrected chi connectivity index (χ0v) is 23.3. The fourth-order valence-electron chi connectivity index (χ4n) is 10.3. The molecule has 6 aliphatic rings. The van der Waals surface area contributed by atoms with E-state index < -0.39 is 16.9 Å². The first-order valence-corrected chi connectivity index (χ1v) is 14.3. The Labute approximate surface area is 222 Å². The summed E-state index contributed by atoms with van der Waals surface area (Å²) in [5.74, 6) is 1.61. The summed E-state index contributed by atoms with van der Waals surface area (Å²) in [4.78, 5) is 28.1. The normalized spacial score (nSPS) is 48.4. The Bertz CT molecular complexity index is 1180. The second-order valence-corrected chi connectivity index (χ2v) is 14.2. The summed E-state index contributed by atoms with van der Waals surface area (Å²) in [6.07, 6.45) is 7.75. The Morgan fingerprint density at radius 2 is 1.76 bits per heavy atom. The summed E-state index contributed by atoms with van der Waals surface area (Å²) in [5.41, 5.74) is 1.60. The molecule has 1 saturated heterocycles. The maximum Gasteiger partial charge on any atom is 0.231 e. The number of nitrogens with one attached hydrogen (secondary N) is 1. The molecule has 1 aromatic rings. The van der Waals surface area contributed by atoms with Gasteiger partial charge in [0.05, 0.1) is 5.92 Å². The quantitative estimate of drug-likeness (QED) is 0.371. The maximum absolute atomic E-state index is 14.7. The number of amides is 1. The molecule has 2 saturated carbocycles. The number of fused-ring (bicyclic) bond motifs is 4. The Kier molecular flexibility index (Phi) is 5.44. The predicted molar refractivity (Wildman–Crippen MR) is 146 cm³/mol. The molecule has 1 aromatic carbocycles. The molecule has 3 heterocycles. The molecule has 0 aromatic heterocycles. The average molecular weight is 502 g/mol. The van der Waals surface area contributed by atoms with E-state index in [0.29, 0.717) is 30.6 Å². The molecule has 3 aliphatic carbocycles. The van der Waals surface area contributed by atoms with Gasteiger partial charge in [-0.1, -0.05) is 57.6 Å². The van der Waals surface area contributed by atoms with Crippen LogP contribution in [-0.4, -0.2) is 23.3 Å². The SMILES string of the molecule is C=C[C@@]1(C)C=C(C)[C@@H]2[C@H]3C1C(=O)[C@@H]1C[C@](C)(Cc4ccc(cc4)O[C@@H]3[C@@H]3[C@@H](C)C[C@@H](C)C[C@]32C)NC1=O. The first-order chi connectivity index (χ1) is 17.4. The van der Waals surface area contributed by atoms with Crippen LogP contribution in [0.2, 0.25) is 0 Å². The van der Waals surface area contributed by atoms with Crippen molar-refractivity contribution in [3.05, 3.63) is 54.1 Å². The van der Waals surface area contributed by atoms with Gasteiger partial charge in [0.1, 0.15) is 17.6 Å². The molecular weight excluding hydrogens is 458 g/mol. The first kappa shape index (κ1) is 24.9. The van der Waals surface area contributed by atoms with Crippen LogP contribution in [0.25, 0.3) is 0 Å². The van der Waals surface area contributed by atoms with Crippen LogP contribution in [-0.2, 0) is 16.0 Å². The molecule has 0 radical (unpaired) electrons. The molecule has 11 atom stereocenters. The summed E-state index contributed by atoms with van der Waals surface area (Å²) in [6.45, 7) is 18.0. The molecule has 1 amide bonds. The van der Waals surface area contributed by atoms with Gasteiger partial charge < -0.3 is 10.1 Å². The molecule has 1 unspecified atom stereocenters. The monoisotopic (exact) mass is 501 g/mol. The van der Waals surface area contributed by atoms with Crippen molar-refractivity contribution in [3.63, 3.8) is 0 Å². The molecule has 37 heavy (non-hydrogen) atoms. The van der Waals surface area contributed by atoms with Crippen molar-refractivity contribution < 1.29 is 14.3 Å². The van der Waals surface area contributed by atoms with Crippen LogP contribution in [0, 0.1) is 52.3 Å². The van der Waals surface area contributed by atoms with Crippen LogP contribution < -0.4 is 10.1 Å². The van der Waals surface area contributed by atoms with E-state index in [1.807, 2.05) is 6.08 Å². The van der Waals surface area contributed by atoms with Gasteiger partial charge in [-0.25, -0.2) is 0 Å². The fraction of sp³-hybridized carbons (Fsp3) is 0.636. The lowest BCUT2D eigenvalue weighted by Gasteiger charge is -2.50. The number of allylic oxidation sites excluding steroid dienone is 3. The number of carbonyl (C=O) groups excluding carboxylic acids is 2. The standard InChI is InChI=1S/C33H43NO3/c1-8-31(5)15-20(4)25-24-27(31)28(35)23-17-32(6,34-30(23)36)16-21-9-11-22(12-10-21)37-29(24)26-19(3)13-18(2)14-33(25,26)7/h8-12,15,18-19,23-27,29H,1,13-14,16-17H2,2-7H3,(H,34,36)/t18-,19+,23+,24+,25-,26+,27?,29+,31+,32+,33+/m1/s1. The molecule has 4 bridgehead atoms. The third-order valence-electron chi connectivity index (χ3n) is 11.1. The minimum Gasteiger partial charge on any atom is -0.490 e. The van der Waals surface area contributed by atoms with E-state index in [0.717, 1.165) is 17.7 Å². The predicted octanol–water partition coefficient (Wildman–Crippen LogP) is 6.16. The molecule has 4 heteroatoms. The van der Waals surface area contributed by atoms with E-state index >= 15 is 0 Å². The van der Waals surface area contributed by atoms with E-state index in [9.17, 15) is 9.59 Å². The zero-order valence-electron chi connectivity index (χ0n) is 23.3. The summed E-state index contributed by atoms with van der Waals surface area (Å²) in [6, 6.07) is 8.46. The van der Waals surface area contributed by atoms with E-state index in [1.54, 1.807) is 0 Å². The van der Waals surface area contributed by atoms with Crippen molar-refractivity contribution in [2.75, 3.05) is 0 Å². The van der Waals surface area contributed by atoms with Gasteiger partial charge in [-0.05, 0) is 80.4 Å². The number of ketones is 1. The Hall–Kier alpha value is -2.36. The minimum atomic E-state index is -0.631. The molecule has 3 aliphatic heterocycles. The number of Topliss-reactive ketones (excluding diaryl/α,β-unsaturated/α-hetero) is 1. The van der Waals surface area contributed by atoms with Gasteiger partial charge >= 0.3 is 0 Å². The fourth-order valence-corrected chi connectivity index (χ4v) is 10.3. The summed E-state index contributed by atoms with van der Waals surface area (Å²) < 4.78 is 7.03. The van der Waals surface area contributed by atoms with Crippen molar-refractivity contribution in [1.82, 2.24) is 5.32 Å². The Morgan fingerprint density at radius 3 is 2.43 bits per heavy atom. The van der Waals surface area contributed by atoms with Crippen LogP contribution in [0.1, 0.15) is 66.4 Å². The van der Waals surface area contributed by atoms with Crippen LogP contribution in [0.15, 0.2) is 48.6 Å². The Balaban J connectivity index is 1.59. The molecular formula is C33H43NO3. The third-order valence-corrected chi connectivity index (χ3v) is 11.1. The lowest BCUT2D eigenvalue weighted by atomic mass is 9.53. The molecule has 0 spiro atoms. The lowest BCUT2D eigenvalue weighted by Crippen LogP contribution is -2.50. The highest BCUT2D eigenvalue weighted by atomic mass is 16.5. The Morgan fingerprint density at radius 1 is 1.05 bits per heavy atom. The van der Waals surface area contributed by atoms with Gasteiger partial charge in [0.15, 0.2) is 0 Å². The molecule has 3 fully saturated rings. The smallest absolute Gasteiger partial charge is 0.231 e. The van der Waals surface area contributed by atoms with Crippen LogP contribution in [0.5, 0.6) is 5.75 Å².